The molecule has 0 saturated carbocycles. The van der Waals surface area contributed by atoms with Crippen LogP contribution >= 0.6 is 0 Å². The second kappa shape index (κ2) is 25.1. The Balaban J connectivity index is 0.000000216. The Morgan fingerprint density at radius 1 is 0.570 bits per heavy atom. The maximum atomic E-state index is 12.7. The number of benzene rings is 6. The van der Waals surface area contributed by atoms with Gasteiger partial charge in [-0.25, -0.2) is 41.0 Å². The van der Waals surface area contributed by atoms with E-state index in [0.717, 1.165) is 24.6 Å². The van der Waals surface area contributed by atoms with Crippen LogP contribution in [0.5, 0.6) is 11.5 Å². The number of alkyl halides is 6. The van der Waals surface area contributed by atoms with Gasteiger partial charge in [-0.3, -0.25) is 4.79 Å². The number of carbonyl (C=O) groups excluding carboxylic acids is 1. The summed E-state index contributed by atoms with van der Waals surface area (Å²) in [5.74, 6) is -1.47. The lowest BCUT2D eigenvalue weighted by molar-refractivity contribution is -0.275. The third kappa shape index (κ3) is 14.5. The molecule has 0 bridgehead atoms. The number of aromatic nitrogens is 10. The van der Waals surface area contributed by atoms with E-state index >= 15 is 0 Å². The number of nitrogens with zero attached hydrogens (tertiary/aromatic N) is 10. The number of sulfone groups is 2. The standard InChI is InChI=1S/C29H25F3N6O4S.C27H20F3N5O5S.C2H6/c1-4-33-28(39)24-17-37(18(2)35-24)25-13-10-21(20-6-5-7-23(14-20)43(3,40)41)15-26(25)38-27(16-34-36-38)19-8-11-22(12-9-19)42-29(30,31)32;1-16-32-22(26(36)37)15-34(16)23-11-8-19(18-4-3-5-21(12-18)41(2,38)39)13-24(23)35-25(14-31-33-35)17-6-9-20(10-7-17)40-27(28,29)30;1-2/h5-17H,4H2,1-3H3,(H,33,39);3-15H,1-2H3,(H,36,37);1-2H3/i;;1D. The van der Waals surface area contributed by atoms with Gasteiger partial charge in [0.1, 0.15) is 28.8 Å². The summed E-state index contributed by atoms with van der Waals surface area (Å²) < 4.78 is 145. The van der Waals surface area contributed by atoms with Crippen LogP contribution in [0, 0.1) is 13.8 Å². The summed E-state index contributed by atoms with van der Waals surface area (Å²) in [6.07, 6.45) is -1.62. The molecule has 0 unspecified atom stereocenters. The van der Waals surface area contributed by atoms with E-state index in [2.05, 4.69) is 45.4 Å². The topological polar surface area (TPSA) is 250 Å². The third-order valence-electron chi connectivity index (χ3n) is 12.5. The van der Waals surface area contributed by atoms with E-state index in [1.54, 1.807) is 110 Å². The molecule has 0 saturated heterocycles. The number of rotatable bonds is 15. The summed E-state index contributed by atoms with van der Waals surface area (Å²) >= 11 is 0. The number of imidazole rings is 2. The Kier molecular flexibility index (Phi) is 17.7. The average Bonchev–Trinajstić information content (AvgIpc) is 1.98. The van der Waals surface area contributed by atoms with Gasteiger partial charge in [-0.2, -0.15) is 0 Å². The summed E-state index contributed by atoms with van der Waals surface area (Å²) in [5, 5.41) is 28.7. The number of carboxylic acid groups (broad SMARTS) is 1. The maximum absolute atomic E-state index is 12.7. The van der Waals surface area contributed by atoms with Crippen molar-refractivity contribution in [2.75, 3.05) is 19.1 Å². The SMILES string of the molecule is CCNC(=O)c1cn(-c2ccc(-c3cccc(S(C)(=O)=O)c3)cc2-n2nncc2-c2ccc(OC(F)(F)F)cc2)c(C)n1.Cc1nc(C(=O)O)cn1-c1ccc(-c2cccc(S(C)(=O)=O)c2)cc1-n1nncc1-c1ccc(OC(F)(F)F)cc1.[2H]CC. The minimum absolute atomic E-state index is 0.125. The lowest BCUT2D eigenvalue weighted by Gasteiger charge is -2.16. The molecule has 4 aromatic heterocycles. The first-order valence-electron chi connectivity index (χ1n) is 26.1. The van der Waals surface area contributed by atoms with Gasteiger partial charge in [0.05, 0.1) is 56.3 Å². The molecule has 1 amide bonds. The maximum Gasteiger partial charge on any atom is 0.573 e. The minimum Gasteiger partial charge on any atom is -0.476 e. The second-order valence-electron chi connectivity index (χ2n) is 18.5. The van der Waals surface area contributed by atoms with Gasteiger partial charge in [-0.05, 0) is 140 Å². The first-order chi connectivity index (χ1) is 41.0. The van der Waals surface area contributed by atoms with E-state index in [4.69, 9.17) is 1.37 Å². The van der Waals surface area contributed by atoms with Gasteiger partial charge in [0.15, 0.2) is 25.4 Å². The number of halogens is 6. The number of carbonyl (C=O) groups is 2. The number of hydrogen-bond acceptors (Lipinski definition) is 14. The average molecular weight is 1230 g/mol. The molecule has 86 heavy (non-hydrogen) atoms. The number of ether oxygens (including phenoxy) is 2. The molecule has 0 radical (unpaired) electrons. The first kappa shape index (κ1) is 60.6. The lowest BCUT2D eigenvalue weighted by atomic mass is 10.0. The number of amides is 1. The predicted molar refractivity (Wildman–Crippen MR) is 304 cm³/mol. The van der Waals surface area contributed by atoms with E-state index in [1.165, 1.54) is 82.6 Å². The molecule has 4 heterocycles. The molecule has 0 aliphatic carbocycles. The van der Waals surface area contributed by atoms with Crippen molar-refractivity contribution < 1.29 is 68.7 Å². The zero-order valence-corrected chi connectivity index (χ0v) is 47.8. The molecule has 2 N–H and O–H groups in total. The van der Waals surface area contributed by atoms with Crippen LogP contribution in [0.4, 0.5) is 26.3 Å². The van der Waals surface area contributed by atoms with Crippen molar-refractivity contribution in [2.45, 2.75) is 57.1 Å². The molecule has 446 valence electrons. The Hall–Kier alpha value is -9.96. The van der Waals surface area contributed by atoms with Gasteiger partial charge >= 0.3 is 18.7 Å². The van der Waals surface area contributed by atoms with Gasteiger partial charge in [0, 0.05) is 43.9 Å². The number of aryl methyl sites for hydroxylation is 2. The fourth-order valence-electron chi connectivity index (χ4n) is 8.74. The first-order valence-corrected chi connectivity index (χ1v) is 29.2. The summed E-state index contributed by atoms with van der Waals surface area (Å²) in [6.45, 7) is 7.87. The number of carboxylic acids is 1. The van der Waals surface area contributed by atoms with Crippen molar-refractivity contribution in [3.05, 3.63) is 181 Å². The van der Waals surface area contributed by atoms with Crippen LogP contribution in [0.1, 0.15) is 54.7 Å². The van der Waals surface area contributed by atoms with Crippen molar-refractivity contribution >= 4 is 31.6 Å². The normalized spacial score (nSPS) is 11.8. The molecule has 28 heteroatoms. The van der Waals surface area contributed by atoms with Crippen molar-refractivity contribution in [3.8, 4) is 79.0 Å². The van der Waals surface area contributed by atoms with E-state index < -0.39 is 44.1 Å². The molecule has 0 atom stereocenters. The summed E-state index contributed by atoms with van der Waals surface area (Å²) in [4.78, 5) is 32.9. The molecule has 10 rings (SSSR count). The van der Waals surface area contributed by atoms with Crippen LogP contribution in [0.2, 0.25) is 0 Å². The van der Waals surface area contributed by atoms with Crippen LogP contribution < -0.4 is 14.8 Å². The van der Waals surface area contributed by atoms with Gasteiger partial charge in [0.25, 0.3) is 5.91 Å². The summed E-state index contributed by atoms with van der Waals surface area (Å²) in [5.41, 5.74) is 6.23. The quantitative estimate of drug-likeness (QED) is 0.0906. The Morgan fingerprint density at radius 2 is 0.942 bits per heavy atom. The van der Waals surface area contributed by atoms with E-state index in [9.17, 15) is 57.9 Å². The number of hydrogen-bond donors (Lipinski definition) is 2. The van der Waals surface area contributed by atoms with Crippen LogP contribution in [-0.4, -0.2) is 115 Å². The van der Waals surface area contributed by atoms with Crippen LogP contribution in [-0.2, 0) is 19.7 Å². The molecule has 10 aromatic rings. The van der Waals surface area contributed by atoms with Crippen LogP contribution in [0.25, 0.3) is 67.5 Å². The summed E-state index contributed by atoms with van der Waals surface area (Å²) in [7, 11) is -6.95. The largest absolute Gasteiger partial charge is 0.573 e. The van der Waals surface area contributed by atoms with E-state index in [0.29, 0.717) is 92.6 Å². The highest BCUT2D eigenvalue weighted by atomic mass is 32.2. The Morgan fingerprint density at radius 3 is 1.30 bits per heavy atom. The summed E-state index contributed by atoms with van der Waals surface area (Å²) in [6, 6.07) is 33.8. The van der Waals surface area contributed by atoms with E-state index in [-0.39, 0.29) is 32.8 Å². The molecule has 6 aromatic carbocycles. The fourth-order valence-corrected chi connectivity index (χ4v) is 10.1. The van der Waals surface area contributed by atoms with Crippen LogP contribution in [0.15, 0.2) is 168 Å². The molecule has 0 aliphatic rings. The van der Waals surface area contributed by atoms with Crippen molar-refractivity contribution in [1.29, 1.82) is 0 Å². The molecule has 20 nitrogen and oxygen atoms in total. The van der Waals surface area contributed by atoms with Gasteiger partial charge in [0.2, 0.25) is 0 Å². The molecule has 0 fully saturated rings. The van der Waals surface area contributed by atoms with Crippen molar-refractivity contribution in [2.24, 2.45) is 0 Å². The Bertz CT molecular complexity index is 4380. The molecule has 0 spiro atoms. The van der Waals surface area contributed by atoms with Crippen molar-refractivity contribution in [3.63, 3.8) is 0 Å². The fraction of sp³-hybridized carbons (Fsp3) is 0.172. The monoisotopic (exact) mass is 1220 g/mol. The number of nitrogens with one attached hydrogen (secondary N) is 1. The molecular weight excluding hydrogens is 1170 g/mol. The molecule has 0 aliphatic heterocycles. The minimum atomic E-state index is -4.84. The highest BCUT2D eigenvalue weighted by molar-refractivity contribution is 7.91. The zero-order chi connectivity index (χ0) is 63.2. The zero-order valence-electron chi connectivity index (χ0n) is 47.2. The van der Waals surface area contributed by atoms with Gasteiger partial charge < -0.3 is 29.0 Å². The highest BCUT2D eigenvalue weighted by Crippen LogP contribution is 2.36. The van der Waals surface area contributed by atoms with E-state index in [1.807, 2.05) is 0 Å². The highest BCUT2D eigenvalue weighted by Gasteiger charge is 2.32. The Labute approximate surface area is 489 Å². The van der Waals surface area contributed by atoms with Crippen molar-refractivity contribution in [1.82, 2.24) is 54.4 Å². The number of aromatic carboxylic acids is 1. The third-order valence-corrected chi connectivity index (χ3v) is 14.8. The van der Waals surface area contributed by atoms with Gasteiger partial charge in [-0.1, -0.05) is 60.6 Å². The second-order valence-corrected chi connectivity index (χ2v) is 22.5. The van der Waals surface area contributed by atoms with Crippen LogP contribution in [0.3, 0.4) is 0 Å². The predicted octanol–water partition coefficient (Wildman–Crippen LogP) is 11.3. The molecular formula is C58H51F6N11O9S2. The van der Waals surface area contributed by atoms with Gasteiger partial charge in [-0.15, -0.1) is 36.5 Å². The lowest BCUT2D eigenvalue weighted by Crippen LogP contribution is -2.22. The smallest absolute Gasteiger partial charge is 0.476 e.